The molecule has 0 unspecified atom stereocenters. The van der Waals surface area contributed by atoms with Crippen molar-refractivity contribution in [2.75, 3.05) is 32.2 Å². The molecule has 5 rings (SSSR count). The molecule has 184 valence electrons. The van der Waals surface area contributed by atoms with Gasteiger partial charge in [0.05, 0.1) is 47.1 Å². The molecule has 1 aromatic carbocycles. The van der Waals surface area contributed by atoms with Crippen molar-refractivity contribution in [3.8, 4) is 22.8 Å². The van der Waals surface area contributed by atoms with E-state index in [-0.39, 0.29) is 17.9 Å². The smallest absolute Gasteiger partial charge is 0.255 e. The number of nitrogens with one attached hydrogen (secondary N) is 3. The SMILES string of the molecule is COc1c(Cl)cccc1Nc1c(-c2ccncc2OC[C@@H]2CCCCO2)[nH]c2c1C(=O)NC[C@@H]2C. The topological polar surface area (TPSA) is 97.5 Å². The lowest BCUT2D eigenvalue weighted by atomic mass is 9.98. The van der Waals surface area contributed by atoms with E-state index in [0.717, 1.165) is 42.8 Å². The first kappa shape index (κ1) is 23.5. The lowest BCUT2D eigenvalue weighted by Crippen LogP contribution is -2.33. The van der Waals surface area contributed by atoms with Crippen molar-refractivity contribution in [3.63, 3.8) is 0 Å². The van der Waals surface area contributed by atoms with Crippen molar-refractivity contribution in [1.82, 2.24) is 15.3 Å². The number of aromatic amines is 1. The number of fused-ring (bicyclic) bond motifs is 1. The molecule has 9 heteroatoms. The highest BCUT2D eigenvalue weighted by molar-refractivity contribution is 6.32. The van der Waals surface area contributed by atoms with Crippen LogP contribution in [0.2, 0.25) is 5.02 Å². The zero-order chi connectivity index (χ0) is 24.4. The fourth-order valence-electron chi connectivity index (χ4n) is 4.66. The number of H-pyrrole nitrogens is 1. The third-order valence-corrected chi connectivity index (χ3v) is 6.80. The van der Waals surface area contributed by atoms with E-state index >= 15 is 0 Å². The molecule has 1 fully saturated rings. The number of nitrogens with zero attached hydrogens (tertiary/aromatic N) is 1. The number of halogens is 1. The second-order valence-corrected chi connectivity index (χ2v) is 9.30. The molecule has 2 atom stereocenters. The number of methoxy groups -OCH3 is 1. The molecule has 2 aromatic heterocycles. The number of ether oxygens (including phenoxy) is 3. The molecule has 0 bridgehead atoms. The Balaban J connectivity index is 1.58. The number of aromatic nitrogens is 2. The van der Waals surface area contributed by atoms with Crippen molar-refractivity contribution in [2.45, 2.75) is 38.2 Å². The average Bonchev–Trinajstić information content (AvgIpc) is 3.26. The molecule has 8 nitrogen and oxygen atoms in total. The van der Waals surface area contributed by atoms with Crippen LogP contribution in [0.25, 0.3) is 11.3 Å². The second kappa shape index (κ2) is 10.2. The summed E-state index contributed by atoms with van der Waals surface area (Å²) < 4.78 is 17.6. The number of rotatable bonds is 7. The van der Waals surface area contributed by atoms with E-state index in [1.807, 2.05) is 18.2 Å². The summed E-state index contributed by atoms with van der Waals surface area (Å²) in [5.74, 6) is 1.09. The van der Waals surface area contributed by atoms with Crippen LogP contribution in [0.1, 0.15) is 48.2 Å². The summed E-state index contributed by atoms with van der Waals surface area (Å²) in [5, 5.41) is 6.88. The van der Waals surface area contributed by atoms with Gasteiger partial charge in [-0.1, -0.05) is 24.6 Å². The maximum absolute atomic E-state index is 13.0. The zero-order valence-electron chi connectivity index (χ0n) is 19.8. The molecule has 0 aliphatic carbocycles. The van der Waals surface area contributed by atoms with Crippen molar-refractivity contribution >= 4 is 28.9 Å². The van der Waals surface area contributed by atoms with Gasteiger partial charge in [-0.3, -0.25) is 9.78 Å². The number of benzene rings is 1. The van der Waals surface area contributed by atoms with Crippen molar-refractivity contribution < 1.29 is 19.0 Å². The number of anilines is 2. The predicted octanol–water partition coefficient (Wildman–Crippen LogP) is 5.28. The minimum Gasteiger partial charge on any atom is -0.493 e. The van der Waals surface area contributed by atoms with Gasteiger partial charge in [0.15, 0.2) is 5.75 Å². The van der Waals surface area contributed by atoms with Crippen molar-refractivity contribution in [2.24, 2.45) is 0 Å². The molecular weight excluding hydrogens is 468 g/mol. The molecule has 0 saturated carbocycles. The highest BCUT2D eigenvalue weighted by Gasteiger charge is 2.32. The molecule has 4 heterocycles. The number of hydrogen-bond donors (Lipinski definition) is 3. The van der Waals surface area contributed by atoms with E-state index in [2.05, 4.69) is 27.5 Å². The van der Waals surface area contributed by atoms with Crippen LogP contribution in [0.4, 0.5) is 11.4 Å². The van der Waals surface area contributed by atoms with Crippen LogP contribution in [0.5, 0.6) is 11.5 Å². The average molecular weight is 497 g/mol. The molecule has 1 saturated heterocycles. The number of pyridine rings is 1. The number of amides is 1. The lowest BCUT2D eigenvalue weighted by molar-refractivity contribution is -0.0110. The Morgan fingerprint density at radius 1 is 1.29 bits per heavy atom. The number of carbonyl (C=O) groups excluding carboxylic acids is 1. The van der Waals surface area contributed by atoms with Crippen molar-refractivity contribution in [3.05, 3.63) is 52.9 Å². The van der Waals surface area contributed by atoms with E-state index in [9.17, 15) is 4.79 Å². The van der Waals surface area contributed by atoms with Crippen LogP contribution in [0.15, 0.2) is 36.7 Å². The van der Waals surface area contributed by atoms with Crippen molar-refractivity contribution in [1.29, 1.82) is 0 Å². The lowest BCUT2D eigenvalue weighted by Gasteiger charge is -2.23. The highest BCUT2D eigenvalue weighted by atomic mass is 35.5. The Bertz CT molecular complexity index is 1220. The van der Waals surface area contributed by atoms with E-state index in [1.54, 1.807) is 25.6 Å². The van der Waals surface area contributed by atoms with Crippen LogP contribution in [-0.2, 0) is 4.74 Å². The summed E-state index contributed by atoms with van der Waals surface area (Å²) in [5.41, 5.74) is 4.26. The maximum atomic E-state index is 13.0. The number of para-hydroxylation sites is 1. The third kappa shape index (κ3) is 4.68. The van der Waals surface area contributed by atoms with Gasteiger partial charge in [0.2, 0.25) is 0 Å². The summed E-state index contributed by atoms with van der Waals surface area (Å²) in [7, 11) is 1.57. The second-order valence-electron chi connectivity index (χ2n) is 8.89. The van der Waals surface area contributed by atoms with Crippen LogP contribution < -0.4 is 20.1 Å². The Labute approximate surface area is 209 Å². The minimum absolute atomic E-state index is 0.0628. The quantitative estimate of drug-likeness (QED) is 0.412. The van der Waals surface area contributed by atoms with Gasteiger partial charge in [-0.15, -0.1) is 0 Å². The van der Waals surface area contributed by atoms with Gasteiger partial charge in [0, 0.05) is 36.5 Å². The Kier molecular flexibility index (Phi) is 6.83. The summed E-state index contributed by atoms with van der Waals surface area (Å²) in [6.45, 7) is 3.85. The molecule has 0 radical (unpaired) electrons. The highest BCUT2D eigenvalue weighted by Crippen LogP contribution is 2.44. The fraction of sp³-hybridized carbons (Fsp3) is 0.385. The van der Waals surface area contributed by atoms with Crippen LogP contribution in [0, 0.1) is 0 Å². The van der Waals surface area contributed by atoms with E-state index < -0.39 is 0 Å². The largest absolute Gasteiger partial charge is 0.493 e. The number of carbonyl (C=O) groups is 1. The minimum atomic E-state index is -0.142. The molecule has 3 N–H and O–H groups in total. The van der Waals surface area contributed by atoms with Gasteiger partial charge >= 0.3 is 0 Å². The first-order chi connectivity index (χ1) is 17.1. The van der Waals surface area contributed by atoms with Crippen LogP contribution in [-0.4, -0.2) is 48.8 Å². The van der Waals surface area contributed by atoms with E-state index in [4.69, 9.17) is 25.8 Å². The van der Waals surface area contributed by atoms with Crippen LogP contribution in [0.3, 0.4) is 0 Å². The monoisotopic (exact) mass is 496 g/mol. The van der Waals surface area contributed by atoms with Gasteiger partial charge in [-0.05, 0) is 37.5 Å². The van der Waals surface area contributed by atoms with E-state index in [0.29, 0.717) is 46.6 Å². The predicted molar refractivity (Wildman–Crippen MR) is 135 cm³/mol. The molecule has 0 spiro atoms. The number of hydrogen-bond acceptors (Lipinski definition) is 6. The standard InChI is InChI=1S/C26H29ClN4O4/c1-15-12-29-26(32)21-22(15)31-23(24(21)30-19-8-5-7-18(27)25(19)33-2)17-9-10-28-13-20(17)35-14-16-6-3-4-11-34-16/h5,7-10,13,15-16,30-31H,3-4,6,11-12,14H2,1-2H3,(H,29,32)/t15-,16-/m0/s1. The normalized spacial score (nSPS) is 19.6. The third-order valence-electron chi connectivity index (χ3n) is 6.50. The molecule has 3 aromatic rings. The summed E-state index contributed by atoms with van der Waals surface area (Å²) >= 11 is 6.37. The maximum Gasteiger partial charge on any atom is 0.255 e. The van der Waals surface area contributed by atoms with Crippen LogP contribution >= 0.6 is 11.6 Å². The molecule has 2 aliphatic heterocycles. The Morgan fingerprint density at radius 3 is 2.97 bits per heavy atom. The molecule has 1 amide bonds. The molecule has 35 heavy (non-hydrogen) atoms. The molecular formula is C26H29ClN4O4. The summed E-state index contributed by atoms with van der Waals surface area (Å²) in [6, 6.07) is 7.34. The van der Waals surface area contributed by atoms with Gasteiger partial charge in [0.25, 0.3) is 5.91 Å². The molecule has 2 aliphatic rings. The summed E-state index contributed by atoms with van der Waals surface area (Å²) in [6.07, 6.45) is 6.68. The van der Waals surface area contributed by atoms with Gasteiger partial charge < -0.3 is 29.8 Å². The fourth-order valence-corrected chi connectivity index (χ4v) is 4.91. The Hall–Kier alpha value is -3.23. The van der Waals surface area contributed by atoms with E-state index in [1.165, 1.54) is 0 Å². The Morgan fingerprint density at radius 2 is 2.17 bits per heavy atom. The summed E-state index contributed by atoms with van der Waals surface area (Å²) in [4.78, 5) is 20.8. The van der Waals surface area contributed by atoms with Gasteiger partial charge in [0.1, 0.15) is 12.4 Å². The van der Waals surface area contributed by atoms with Gasteiger partial charge in [-0.25, -0.2) is 0 Å². The first-order valence-corrected chi connectivity index (χ1v) is 12.3. The first-order valence-electron chi connectivity index (χ1n) is 11.9. The van der Waals surface area contributed by atoms with Gasteiger partial charge in [-0.2, -0.15) is 0 Å². The zero-order valence-corrected chi connectivity index (χ0v) is 20.6.